The molecular formula is C14H15BrN2O3. The van der Waals surface area contributed by atoms with Gasteiger partial charge in [-0.15, -0.1) is 0 Å². The minimum Gasteiger partial charge on any atom is -0.467 e. The number of nitrogens with zero attached hydrogens (tertiary/aromatic N) is 1. The van der Waals surface area contributed by atoms with Crippen LogP contribution in [0.1, 0.15) is 22.5 Å². The fraction of sp³-hybridized carbons (Fsp3) is 0.286. The van der Waals surface area contributed by atoms with E-state index in [4.69, 9.17) is 9.15 Å². The maximum absolute atomic E-state index is 11.8. The first-order valence-corrected chi connectivity index (χ1v) is 7.05. The topological polar surface area (TPSA) is 64.4 Å². The molecule has 2 rings (SSSR count). The highest BCUT2D eigenvalue weighted by Crippen LogP contribution is 2.07. The zero-order chi connectivity index (χ0) is 14.2. The molecule has 20 heavy (non-hydrogen) atoms. The molecule has 0 atom stereocenters. The Morgan fingerprint density at radius 2 is 2.35 bits per heavy atom. The van der Waals surface area contributed by atoms with Crippen molar-refractivity contribution in [1.82, 2.24) is 10.3 Å². The summed E-state index contributed by atoms with van der Waals surface area (Å²) in [6.07, 6.45) is 3.95. The number of aromatic nitrogens is 1. The fourth-order valence-corrected chi connectivity index (χ4v) is 1.95. The van der Waals surface area contributed by atoms with Crippen LogP contribution in [-0.2, 0) is 11.3 Å². The van der Waals surface area contributed by atoms with Crippen LogP contribution in [0.5, 0.6) is 0 Å². The molecule has 0 aliphatic rings. The number of carbonyl (C=O) groups excluding carboxylic acids is 1. The average Bonchev–Trinajstić information content (AvgIpc) is 2.95. The predicted octanol–water partition coefficient (Wildman–Crippen LogP) is 2.77. The van der Waals surface area contributed by atoms with Crippen molar-refractivity contribution >= 4 is 21.8 Å². The first-order valence-electron chi connectivity index (χ1n) is 6.25. The second-order valence-electron chi connectivity index (χ2n) is 4.11. The van der Waals surface area contributed by atoms with Crippen LogP contribution >= 0.6 is 15.9 Å². The third kappa shape index (κ3) is 4.79. The van der Waals surface area contributed by atoms with Crippen molar-refractivity contribution in [2.75, 3.05) is 13.2 Å². The smallest absolute Gasteiger partial charge is 0.251 e. The molecule has 0 unspecified atom stereocenters. The maximum Gasteiger partial charge on any atom is 0.251 e. The van der Waals surface area contributed by atoms with E-state index in [1.165, 1.54) is 0 Å². The van der Waals surface area contributed by atoms with Crippen LogP contribution in [0.2, 0.25) is 0 Å². The highest BCUT2D eigenvalue weighted by Gasteiger charge is 2.05. The van der Waals surface area contributed by atoms with Crippen molar-refractivity contribution in [3.05, 3.63) is 52.7 Å². The van der Waals surface area contributed by atoms with Crippen LogP contribution in [0.25, 0.3) is 0 Å². The largest absolute Gasteiger partial charge is 0.467 e. The molecule has 0 saturated heterocycles. The highest BCUT2D eigenvalue weighted by atomic mass is 79.9. The standard InChI is InChI=1S/C14H15BrN2O3/c15-13-9-11(4-6-16-13)14(18)17-5-2-7-19-10-12-3-1-8-20-12/h1,3-4,6,8-9H,2,5,7,10H2,(H,17,18). The number of nitrogens with one attached hydrogen (secondary N) is 1. The lowest BCUT2D eigenvalue weighted by Gasteiger charge is -2.05. The molecule has 0 radical (unpaired) electrons. The number of pyridine rings is 1. The number of hydrogen-bond acceptors (Lipinski definition) is 4. The molecule has 2 heterocycles. The normalized spacial score (nSPS) is 10.4. The zero-order valence-corrected chi connectivity index (χ0v) is 12.4. The van der Waals surface area contributed by atoms with Gasteiger partial charge in [0.05, 0.1) is 6.26 Å². The number of amides is 1. The molecule has 1 amide bonds. The first kappa shape index (κ1) is 14.7. The van der Waals surface area contributed by atoms with E-state index < -0.39 is 0 Å². The van der Waals surface area contributed by atoms with Gasteiger partial charge in [-0.2, -0.15) is 0 Å². The minimum absolute atomic E-state index is 0.112. The van der Waals surface area contributed by atoms with Gasteiger partial charge in [-0.05, 0) is 46.6 Å². The summed E-state index contributed by atoms with van der Waals surface area (Å²) in [5.74, 6) is 0.690. The summed E-state index contributed by atoms with van der Waals surface area (Å²) in [6, 6.07) is 7.05. The average molecular weight is 339 g/mol. The Labute approximate surface area is 125 Å². The van der Waals surface area contributed by atoms with Gasteiger partial charge in [-0.1, -0.05) is 0 Å². The first-order chi connectivity index (χ1) is 9.75. The molecule has 0 aliphatic carbocycles. The summed E-state index contributed by atoms with van der Waals surface area (Å²) in [5, 5.41) is 2.83. The van der Waals surface area contributed by atoms with Gasteiger partial charge in [-0.25, -0.2) is 4.98 Å². The third-order valence-corrected chi connectivity index (χ3v) is 3.00. The van der Waals surface area contributed by atoms with Gasteiger partial charge in [0, 0.05) is 24.9 Å². The zero-order valence-electron chi connectivity index (χ0n) is 10.8. The Bertz CT molecular complexity index is 543. The lowest BCUT2D eigenvalue weighted by Crippen LogP contribution is -2.25. The Balaban J connectivity index is 1.60. The Kier molecular flexibility index (Phi) is 5.76. The van der Waals surface area contributed by atoms with Gasteiger partial charge in [0.25, 0.3) is 5.91 Å². The predicted molar refractivity (Wildman–Crippen MR) is 77.3 cm³/mol. The van der Waals surface area contributed by atoms with E-state index >= 15 is 0 Å². The molecule has 5 nitrogen and oxygen atoms in total. The molecule has 0 bridgehead atoms. The lowest BCUT2D eigenvalue weighted by atomic mass is 10.2. The Morgan fingerprint density at radius 3 is 3.10 bits per heavy atom. The minimum atomic E-state index is -0.112. The van der Waals surface area contributed by atoms with E-state index in [1.54, 1.807) is 24.6 Å². The van der Waals surface area contributed by atoms with Crippen molar-refractivity contribution < 1.29 is 13.9 Å². The summed E-state index contributed by atoms with van der Waals surface area (Å²) >= 11 is 3.23. The second kappa shape index (κ2) is 7.81. The van der Waals surface area contributed by atoms with E-state index in [2.05, 4.69) is 26.2 Å². The Morgan fingerprint density at radius 1 is 1.45 bits per heavy atom. The summed E-state index contributed by atoms with van der Waals surface area (Å²) in [7, 11) is 0. The fourth-order valence-electron chi connectivity index (χ4n) is 1.59. The van der Waals surface area contributed by atoms with E-state index in [0.717, 1.165) is 12.2 Å². The van der Waals surface area contributed by atoms with Crippen molar-refractivity contribution in [1.29, 1.82) is 0 Å². The van der Waals surface area contributed by atoms with Gasteiger partial charge >= 0.3 is 0 Å². The molecule has 2 aromatic rings. The summed E-state index contributed by atoms with van der Waals surface area (Å²) < 4.78 is 11.2. The van der Waals surface area contributed by atoms with Gasteiger partial charge in [0.1, 0.15) is 17.0 Å². The SMILES string of the molecule is O=C(NCCCOCc1ccco1)c1ccnc(Br)c1. The molecule has 106 valence electrons. The van der Waals surface area contributed by atoms with Gasteiger partial charge in [0.15, 0.2) is 0 Å². The van der Waals surface area contributed by atoms with Crippen molar-refractivity contribution in [2.24, 2.45) is 0 Å². The van der Waals surface area contributed by atoms with Crippen LogP contribution in [0.3, 0.4) is 0 Å². The van der Waals surface area contributed by atoms with E-state index in [0.29, 0.717) is 29.9 Å². The molecular weight excluding hydrogens is 324 g/mol. The quantitative estimate of drug-likeness (QED) is 0.622. The van der Waals surface area contributed by atoms with Crippen LogP contribution < -0.4 is 5.32 Å². The second-order valence-corrected chi connectivity index (χ2v) is 4.92. The molecule has 0 aromatic carbocycles. The molecule has 0 fully saturated rings. The summed E-state index contributed by atoms with van der Waals surface area (Å²) in [4.78, 5) is 15.8. The number of carbonyl (C=O) groups is 1. The molecule has 0 aliphatic heterocycles. The molecule has 0 spiro atoms. The van der Waals surface area contributed by atoms with Crippen LogP contribution in [0.15, 0.2) is 45.7 Å². The molecule has 0 saturated carbocycles. The van der Waals surface area contributed by atoms with E-state index in [9.17, 15) is 4.79 Å². The van der Waals surface area contributed by atoms with Crippen LogP contribution in [0, 0.1) is 0 Å². The van der Waals surface area contributed by atoms with Crippen molar-refractivity contribution in [2.45, 2.75) is 13.0 Å². The van der Waals surface area contributed by atoms with Crippen molar-refractivity contribution in [3.63, 3.8) is 0 Å². The van der Waals surface area contributed by atoms with Gasteiger partial charge in [-0.3, -0.25) is 4.79 Å². The molecule has 1 N–H and O–H groups in total. The number of rotatable bonds is 7. The maximum atomic E-state index is 11.8. The summed E-state index contributed by atoms with van der Waals surface area (Å²) in [6.45, 7) is 1.59. The van der Waals surface area contributed by atoms with E-state index in [1.807, 2.05) is 12.1 Å². The van der Waals surface area contributed by atoms with Crippen molar-refractivity contribution in [3.8, 4) is 0 Å². The van der Waals surface area contributed by atoms with E-state index in [-0.39, 0.29) is 5.91 Å². The Hall–Kier alpha value is -1.66. The summed E-state index contributed by atoms with van der Waals surface area (Å²) in [5.41, 5.74) is 0.586. The monoisotopic (exact) mass is 338 g/mol. The molecule has 6 heteroatoms. The highest BCUT2D eigenvalue weighted by molar-refractivity contribution is 9.10. The van der Waals surface area contributed by atoms with Gasteiger partial charge < -0.3 is 14.5 Å². The van der Waals surface area contributed by atoms with Crippen LogP contribution in [0.4, 0.5) is 0 Å². The lowest BCUT2D eigenvalue weighted by molar-refractivity contribution is 0.0917. The number of hydrogen-bond donors (Lipinski definition) is 1. The van der Waals surface area contributed by atoms with Crippen LogP contribution in [-0.4, -0.2) is 24.0 Å². The molecule has 2 aromatic heterocycles. The number of halogens is 1. The van der Waals surface area contributed by atoms with Gasteiger partial charge in [0.2, 0.25) is 0 Å². The number of furan rings is 1. The third-order valence-electron chi connectivity index (χ3n) is 2.56. The number of ether oxygens (including phenoxy) is 1.